The Balaban J connectivity index is 1.74. The van der Waals surface area contributed by atoms with Gasteiger partial charge in [-0.1, -0.05) is 5.21 Å². The third-order valence-corrected chi connectivity index (χ3v) is 4.39. The fourth-order valence-electron chi connectivity index (χ4n) is 2.64. The summed E-state index contributed by atoms with van der Waals surface area (Å²) in [6.07, 6.45) is 3.67. The lowest BCUT2D eigenvalue weighted by Crippen LogP contribution is -2.02. The average molecular weight is 425 g/mol. The van der Waals surface area contributed by atoms with E-state index in [0.29, 0.717) is 34.4 Å². The predicted molar refractivity (Wildman–Crippen MR) is 114 cm³/mol. The van der Waals surface area contributed by atoms with Crippen molar-refractivity contribution in [1.82, 2.24) is 25.0 Å². The van der Waals surface area contributed by atoms with Crippen molar-refractivity contribution < 1.29 is 13.5 Å². The van der Waals surface area contributed by atoms with Crippen LogP contribution in [-0.4, -0.2) is 31.7 Å². The molecule has 0 radical (unpaired) electrons. The van der Waals surface area contributed by atoms with Crippen LogP contribution in [0.1, 0.15) is 30.2 Å². The second-order valence-electron chi connectivity index (χ2n) is 6.53. The van der Waals surface area contributed by atoms with Crippen LogP contribution in [0.4, 0.5) is 14.6 Å². The maximum Gasteiger partial charge on any atom is 0.265 e. The molecule has 31 heavy (non-hydrogen) atoms. The average Bonchev–Trinajstić information content (AvgIpc) is 3.14. The number of hydrogen-bond acceptors (Lipinski definition) is 7. The van der Waals surface area contributed by atoms with Crippen LogP contribution in [0, 0.1) is 0 Å². The Morgan fingerprint density at radius 1 is 1.23 bits per heavy atom. The van der Waals surface area contributed by atoms with Crippen molar-refractivity contribution in [3.63, 3.8) is 0 Å². The van der Waals surface area contributed by atoms with E-state index >= 15 is 0 Å². The van der Waals surface area contributed by atoms with E-state index < -0.39 is 6.43 Å². The molecule has 3 heterocycles. The number of aryl methyl sites for hydroxylation is 1. The lowest BCUT2D eigenvalue weighted by Gasteiger charge is -2.08. The number of pyridine rings is 2. The molecule has 3 aromatic rings. The van der Waals surface area contributed by atoms with E-state index in [2.05, 4.69) is 32.0 Å². The largest absolute Gasteiger partial charge is 0.492 e. The first-order valence-corrected chi connectivity index (χ1v) is 9.22. The van der Waals surface area contributed by atoms with Crippen molar-refractivity contribution >= 4 is 18.2 Å². The molecule has 0 atom stereocenters. The number of allylic oxidation sites excluding steroid dienone is 3. The van der Waals surface area contributed by atoms with Gasteiger partial charge in [-0.3, -0.25) is 9.98 Å². The number of nitrogen functional groups attached to an aromatic ring is 1. The number of rotatable bonds is 8. The summed E-state index contributed by atoms with van der Waals surface area (Å²) in [4.78, 5) is 12.1. The normalized spacial score (nSPS) is 12.3. The van der Waals surface area contributed by atoms with Crippen molar-refractivity contribution in [2.24, 2.45) is 12.0 Å². The molecule has 2 N–H and O–H groups in total. The fourth-order valence-corrected chi connectivity index (χ4v) is 2.64. The van der Waals surface area contributed by atoms with E-state index in [0.717, 1.165) is 11.8 Å². The SMILES string of the molecule is C=N/C(=C\C=C(/C)OCc1c(-c2ccc(C(F)F)cn2)nnn1C)c1ccc(N)nc1. The first kappa shape index (κ1) is 21.8. The Hall–Kier alpha value is -3.95. The van der Waals surface area contributed by atoms with Crippen molar-refractivity contribution in [2.75, 3.05) is 5.73 Å². The van der Waals surface area contributed by atoms with Crippen LogP contribution in [0.15, 0.2) is 59.6 Å². The first-order chi connectivity index (χ1) is 14.9. The van der Waals surface area contributed by atoms with Crippen molar-refractivity contribution in [1.29, 1.82) is 0 Å². The number of nitrogens with zero attached hydrogens (tertiary/aromatic N) is 6. The van der Waals surface area contributed by atoms with Crippen LogP contribution < -0.4 is 5.73 Å². The van der Waals surface area contributed by atoms with Crippen LogP contribution in [0.3, 0.4) is 0 Å². The highest BCUT2D eigenvalue weighted by Gasteiger charge is 2.16. The molecule has 3 rings (SSSR count). The fraction of sp³-hybridized carbons (Fsp3) is 0.190. The summed E-state index contributed by atoms with van der Waals surface area (Å²) in [5.74, 6) is 1.03. The van der Waals surface area contributed by atoms with Gasteiger partial charge >= 0.3 is 0 Å². The summed E-state index contributed by atoms with van der Waals surface area (Å²) in [7, 11) is 1.72. The zero-order valence-corrected chi connectivity index (χ0v) is 17.0. The molecule has 0 fully saturated rings. The molecule has 0 saturated heterocycles. The molecule has 0 unspecified atom stereocenters. The monoisotopic (exact) mass is 425 g/mol. The van der Waals surface area contributed by atoms with Crippen LogP contribution in [0.5, 0.6) is 0 Å². The van der Waals surface area contributed by atoms with E-state index in [-0.39, 0.29) is 12.2 Å². The van der Waals surface area contributed by atoms with Gasteiger partial charge in [0.15, 0.2) is 0 Å². The molecule has 0 aliphatic carbocycles. The first-order valence-electron chi connectivity index (χ1n) is 9.22. The van der Waals surface area contributed by atoms with E-state index in [1.54, 1.807) is 49.1 Å². The summed E-state index contributed by atoms with van der Waals surface area (Å²) < 4.78 is 32.9. The van der Waals surface area contributed by atoms with Gasteiger partial charge in [-0.15, -0.1) is 5.10 Å². The molecule has 0 bridgehead atoms. The molecule has 8 nitrogen and oxygen atoms in total. The zero-order valence-electron chi connectivity index (χ0n) is 17.0. The molecule has 160 valence electrons. The quantitative estimate of drug-likeness (QED) is 0.333. The number of nitrogens with two attached hydrogens (primary N) is 1. The molecular formula is C21H21F2N7O. The lowest BCUT2D eigenvalue weighted by atomic mass is 10.2. The summed E-state index contributed by atoms with van der Waals surface area (Å²) in [5, 5.41) is 8.07. The maximum atomic E-state index is 12.8. The van der Waals surface area contributed by atoms with Gasteiger partial charge in [0.1, 0.15) is 23.8 Å². The smallest absolute Gasteiger partial charge is 0.265 e. The molecule has 0 saturated carbocycles. The highest BCUT2D eigenvalue weighted by molar-refractivity contribution is 5.69. The van der Waals surface area contributed by atoms with Gasteiger partial charge in [-0.25, -0.2) is 18.4 Å². The number of anilines is 1. The molecule has 3 aromatic heterocycles. The van der Waals surface area contributed by atoms with Crippen molar-refractivity contribution in [2.45, 2.75) is 20.0 Å². The van der Waals surface area contributed by atoms with Crippen molar-refractivity contribution in [3.8, 4) is 11.4 Å². The Labute approximate surface area is 177 Å². The Kier molecular flexibility index (Phi) is 6.81. The van der Waals surface area contributed by atoms with E-state index in [9.17, 15) is 8.78 Å². The van der Waals surface area contributed by atoms with Crippen molar-refractivity contribution in [3.05, 3.63) is 71.4 Å². The topological polar surface area (TPSA) is 104 Å². The van der Waals surface area contributed by atoms with Crippen LogP contribution in [0.2, 0.25) is 0 Å². The minimum absolute atomic E-state index is 0.154. The zero-order chi connectivity index (χ0) is 22.4. The molecule has 10 heteroatoms. The van der Waals surface area contributed by atoms with Crippen LogP contribution in [0.25, 0.3) is 17.1 Å². The third-order valence-electron chi connectivity index (χ3n) is 4.39. The second kappa shape index (κ2) is 9.70. The van der Waals surface area contributed by atoms with Gasteiger partial charge in [0.2, 0.25) is 0 Å². The molecule has 0 aliphatic rings. The van der Waals surface area contributed by atoms with Gasteiger partial charge in [0.05, 0.1) is 17.2 Å². The summed E-state index contributed by atoms with van der Waals surface area (Å²) in [5.41, 5.74) is 8.39. The number of alkyl halides is 2. The number of ether oxygens (including phenoxy) is 1. The maximum absolute atomic E-state index is 12.8. The second-order valence-corrected chi connectivity index (χ2v) is 6.53. The summed E-state index contributed by atoms with van der Waals surface area (Å²) in [6.45, 7) is 5.53. The van der Waals surface area contributed by atoms with Gasteiger partial charge in [0, 0.05) is 30.6 Å². The highest BCUT2D eigenvalue weighted by Crippen LogP contribution is 2.24. The Bertz CT molecular complexity index is 1100. The molecule has 0 aromatic carbocycles. The van der Waals surface area contributed by atoms with Gasteiger partial charge in [-0.05, 0) is 50.1 Å². The standard InChI is InChI=1S/C21H21F2N7O/c1-13(4-7-16(25-2)14-6-9-19(24)27-10-14)31-12-18-20(28-29-30(18)3)17-8-5-15(11-26-17)21(22)23/h4-11,21H,2,12H2,1,3H3,(H2,24,27)/b13-4+,16-7-. The molecule has 0 spiro atoms. The van der Waals surface area contributed by atoms with Crippen LogP contribution in [-0.2, 0) is 18.4 Å². The van der Waals surface area contributed by atoms with Crippen LogP contribution >= 0.6 is 0 Å². The Morgan fingerprint density at radius 2 is 2.03 bits per heavy atom. The summed E-state index contributed by atoms with van der Waals surface area (Å²) >= 11 is 0. The molecular weight excluding hydrogens is 404 g/mol. The number of halogens is 2. The highest BCUT2D eigenvalue weighted by atomic mass is 19.3. The molecule has 0 amide bonds. The number of hydrogen-bond donors (Lipinski definition) is 1. The minimum atomic E-state index is -2.58. The number of aromatic nitrogens is 5. The number of aliphatic imine (C=N–C) groups is 1. The predicted octanol–water partition coefficient (Wildman–Crippen LogP) is 3.95. The van der Waals surface area contributed by atoms with E-state index in [4.69, 9.17) is 10.5 Å². The lowest BCUT2D eigenvalue weighted by molar-refractivity contribution is 0.151. The minimum Gasteiger partial charge on any atom is -0.492 e. The van der Waals surface area contributed by atoms with E-state index in [1.807, 2.05) is 0 Å². The third kappa shape index (κ3) is 5.35. The van der Waals surface area contributed by atoms with Gasteiger partial charge in [0.25, 0.3) is 6.43 Å². The van der Waals surface area contributed by atoms with Gasteiger partial charge in [-0.2, -0.15) is 0 Å². The summed E-state index contributed by atoms with van der Waals surface area (Å²) in [6, 6.07) is 6.29. The molecule has 0 aliphatic heterocycles. The van der Waals surface area contributed by atoms with E-state index in [1.165, 1.54) is 12.1 Å². The van der Waals surface area contributed by atoms with Gasteiger partial charge < -0.3 is 10.5 Å². The Morgan fingerprint density at radius 3 is 2.65 bits per heavy atom.